The molecule has 7 aliphatic rings. The van der Waals surface area contributed by atoms with Gasteiger partial charge in [-0.2, -0.15) is 0 Å². The van der Waals surface area contributed by atoms with Gasteiger partial charge in [0.2, 0.25) is 5.91 Å². The Labute approximate surface area is 383 Å². The fourth-order valence-corrected chi connectivity index (χ4v) is 16.0. The molecule has 4 aliphatic heterocycles. The van der Waals surface area contributed by atoms with Crippen LogP contribution in [0.3, 0.4) is 0 Å². The highest BCUT2D eigenvalue weighted by Crippen LogP contribution is 2.63. The van der Waals surface area contributed by atoms with Gasteiger partial charge in [0.1, 0.15) is 17.1 Å². The second-order valence-corrected chi connectivity index (χ2v) is 22.9. The van der Waals surface area contributed by atoms with Gasteiger partial charge in [-0.15, -0.1) is 0 Å². The smallest absolute Gasteiger partial charge is 0.302 e. The number of aliphatic imine (C=N–C) groups is 1. The highest BCUT2D eigenvalue weighted by atomic mass is 33.1. The number of phenolic OH excluding ortho intramolecular Hbond substituents is 1. The van der Waals surface area contributed by atoms with Gasteiger partial charge in [0.15, 0.2) is 17.5 Å². The standard InChI is InChI=1S/C49H74N6O6S2/c1-33(56)60-39-15-13-36-27-37(44(59)45-40(36)16-14-35-10-8-12-41(35)61-45)31-55-32-47(30-43(55)58,29-34-17-23-52-42(50)26-34)22-24-53-46(51)54-49(21-9-20-48(49)18-5-6-19-48)63-62-25-7-3-2-4-11-38(57)28-39/h17,26-27,35,38-39,41,52,57,59H,2-16,18-25,28-32,50H2,1H3,(H3,51,53,54)/t35-,38-,39+,41+,47+,49-/m0/s1. The Kier molecular flexibility index (Phi) is 15.1. The Hall–Kier alpha value is -3.23. The monoisotopic (exact) mass is 907 g/mol. The number of amides is 1. The summed E-state index contributed by atoms with van der Waals surface area (Å²) in [5.41, 5.74) is 16.8. The van der Waals surface area contributed by atoms with E-state index in [1.807, 2.05) is 32.6 Å². The number of aryl methyl sites for hydroxylation is 1. The number of nitrogens with zero attached hydrogens (tertiary/aromatic N) is 2. The summed E-state index contributed by atoms with van der Waals surface area (Å²) in [7, 11) is 3.96. The van der Waals surface area contributed by atoms with Gasteiger partial charge in [0.05, 0.1) is 11.9 Å². The molecule has 4 fully saturated rings. The summed E-state index contributed by atoms with van der Waals surface area (Å²) in [5.74, 6) is 3.02. The first kappa shape index (κ1) is 46.3. The van der Waals surface area contributed by atoms with Crippen molar-refractivity contribution in [3.8, 4) is 11.5 Å². The average molecular weight is 907 g/mol. The van der Waals surface area contributed by atoms with Crippen LogP contribution in [0.25, 0.3) is 0 Å². The van der Waals surface area contributed by atoms with E-state index in [1.165, 1.54) is 45.4 Å². The highest BCUT2D eigenvalue weighted by molar-refractivity contribution is 8.77. The number of esters is 1. The van der Waals surface area contributed by atoms with Gasteiger partial charge in [-0.3, -0.25) is 14.6 Å². The molecule has 0 unspecified atom stereocenters. The number of carbonyl (C=O) groups is 2. The number of rotatable bonds is 3. The summed E-state index contributed by atoms with van der Waals surface area (Å²) in [6, 6.07) is 2.07. The van der Waals surface area contributed by atoms with E-state index < -0.39 is 17.6 Å². The van der Waals surface area contributed by atoms with Gasteiger partial charge in [-0.05, 0) is 132 Å². The molecule has 2 spiro atoms. The zero-order valence-corrected chi connectivity index (χ0v) is 39.4. The van der Waals surface area contributed by atoms with Gasteiger partial charge >= 0.3 is 5.97 Å². The lowest BCUT2D eigenvalue weighted by molar-refractivity contribution is -0.148. The normalized spacial score (nSPS) is 32.3. The molecule has 0 radical (unpaired) electrons. The third-order valence-electron chi connectivity index (χ3n) is 15.7. The quantitative estimate of drug-likeness (QED) is 0.127. The number of ether oxygens (including phenoxy) is 2. The molecule has 8 N–H and O–H groups in total. The topological polar surface area (TPSA) is 185 Å². The number of aliphatic hydroxyl groups is 1. The van der Waals surface area contributed by atoms with Crippen LogP contribution in [-0.2, 0) is 33.7 Å². The summed E-state index contributed by atoms with van der Waals surface area (Å²) >= 11 is 0. The number of dihydropyridines is 1. The van der Waals surface area contributed by atoms with Crippen molar-refractivity contribution < 1.29 is 29.3 Å². The number of benzene rings is 1. The molecule has 0 aromatic heterocycles. The lowest BCUT2D eigenvalue weighted by atomic mass is 9.77. The summed E-state index contributed by atoms with van der Waals surface area (Å²) in [4.78, 5) is 33.5. The Balaban J connectivity index is 1.10. The molecule has 8 rings (SSSR count). The van der Waals surface area contributed by atoms with Gasteiger partial charge in [-0.25, -0.2) is 0 Å². The Morgan fingerprint density at radius 1 is 0.984 bits per heavy atom. The number of hydrogen-bond donors (Lipinski definition) is 6. The van der Waals surface area contributed by atoms with Crippen LogP contribution in [0, 0.1) is 16.7 Å². The second-order valence-electron chi connectivity index (χ2n) is 20.2. The molecular weight excluding hydrogens is 833 g/mol. The Morgan fingerprint density at radius 3 is 2.63 bits per heavy atom. The third-order valence-corrected chi connectivity index (χ3v) is 19.0. The van der Waals surface area contributed by atoms with E-state index >= 15 is 0 Å². The SMILES string of the molecule is CC(=O)O[C@@H]1CCc2cc(c(O)c3c2CC[C@@H]2CCC[C@H]2O3)CN2C[C@@](CC3=CCNC(N)=C3)(CCN=C(N)N[C@@]3(CCCC34CCCC4)SSCCCCCC[C@H](O)C1)CC2=O. The molecule has 1 aromatic carbocycles. The van der Waals surface area contributed by atoms with E-state index in [9.17, 15) is 19.8 Å². The van der Waals surface area contributed by atoms with Crippen LogP contribution < -0.4 is 26.8 Å². The maximum Gasteiger partial charge on any atom is 0.302 e. The van der Waals surface area contributed by atoms with Crippen molar-refractivity contribution in [1.82, 2.24) is 15.5 Å². The molecule has 3 saturated carbocycles. The van der Waals surface area contributed by atoms with Crippen LogP contribution in [0.15, 0.2) is 34.6 Å². The molecule has 348 valence electrons. The van der Waals surface area contributed by atoms with Crippen LogP contribution in [0.2, 0.25) is 0 Å². The Bertz CT molecular complexity index is 1900. The first-order valence-electron chi connectivity index (χ1n) is 24.4. The zero-order chi connectivity index (χ0) is 44.0. The van der Waals surface area contributed by atoms with E-state index in [4.69, 9.17) is 25.9 Å². The molecule has 4 heterocycles. The average Bonchev–Trinajstić information content (AvgIpc) is 4.02. The van der Waals surface area contributed by atoms with Crippen LogP contribution in [0.1, 0.15) is 158 Å². The van der Waals surface area contributed by atoms with Crippen LogP contribution in [0.5, 0.6) is 11.5 Å². The minimum absolute atomic E-state index is 0.0482. The molecule has 14 heteroatoms. The molecule has 63 heavy (non-hydrogen) atoms. The molecular formula is C49H74N6O6S2. The van der Waals surface area contributed by atoms with Gasteiger partial charge in [0.25, 0.3) is 0 Å². The minimum Gasteiger partial charge on any atom is -0.504 e. The van der Waals surface area contributed by atoms with Crippen LogP contribution in [0.4, 0.5) is 0 Å². The van der Waals surface area contributed by atoms with Crippen LogP contribution in [-0.4, -0.2) is 81.5 Å². The number of phenols is 1. The van der Waals surface area contributed by atoms with Crippen LogP contribution >= 0.6 is 21.6 Å². The van der Waals surface area contributed by atoms with E-state index in [0.717, 1.165) is 86.7 Å². The fourth-order valence-electron chi connectivity index (χ4n) is 12.5. The number of fused-ring (bicyclic) bond motifs is 8. The van der Waals surface area contributed by atoms with E-state index in [-0.39, 0.29) is 40.6 Å². The largest absolute Gasteiger partial charge is 0.504 e. The van der Waals surface area contributed by atoms with E-state index in [2.05, 4.69) is 22.8 Å². The first-order valence-corrected chi connectivity index (χ1v) is 26.7. The van der Waals surface area contributed by atoms with E-state index in [1.54, 1.807) is 0 Å². The predicted octanol–water partition coefficient (Wildman–Crippen LogP) is 8.02. The highest BCUT2D eigenvalue weighted by Gasteiger charge is 2.57. The number of allylic oxidation sites excluding steroid dienone is 2. The maximum atomic E-state index is 14.3. The number of nitrogens with two attached hydrogens (primary N) is 2. The predicted molar refractivity (Wildman–Crippen MR) is 253 cm³/mol. The van der Waals surface area contributed by atoms with Gasteiger partial charge < -0.3 is 46.7 Å². The lowest BCUT2D eigenvalue weighted by Gasteiger charge is -2.44. The maximum absolute atomic E-state index is 14.3. The summed E-state index contributed by atoms with van der Waals surface area (Å²) in [5, 5.41) is 30.4. The summed E-state index contributed by atoms with van der Waals surface area (Å²) in [6.45, 7) is 3.34. The van der Waals surface area contributed by atoms with Crippen molar-refractivity contribution in [2.45, 2.75) is 184 Å². The molecule has 3 aliphatic carbocycles. The molecule has 12 nitrogen and oxygen atoms in total. The van der Waals surface area contributed by atoms with Crippen molar-refractivity contribution in [2.75, 3.05) is 25.4 Å². The third kappa shape index (κ3) is 10.9. The summed E-state index contributed by atoms with van der Waals surface area (Å²) < 4.78 is 12.6. The van der Waals surface area contributed by atoms with Crippen molar-refractivity contribution in [3.63, 3.8) is 0 Å². The van der Waals surface area contributed by atoms with Crippen molar-refractivity contribution in [3.05, 3.63) is 46.3 Å². The number of hydrogen-bond acceptors (Lipinski definition) is 13. The second kappa shape index (κ2) is 20.5. The number of carbonyl (C=O) groups excluding carboxylic acids is 2. The minimum atomic E-state index is -0.565. The fraction of sp³-hybridized carbons (Fsp3) is 0.735. The number of aromatic hydroxyl groups is 1. The molecule has 4 bridgehead atoms. The Morgan fingerprint density at radius 2 is 1.81 bits per heavy atom. The number of nitrogens with one attached hydrogen (secondary N) is 2. The van der Waals surface area contributed by atoms with Crippen molar-refractivity contribution in [1.29, 1.82) is 0 Å². The molecule has 1 amide bonds. The van der Waals surface area contributed by atoms with Gasteiger partial charge in [0, 0.05) is 73.7 Å². The van der Waals surface area contributed by atoms with Gasteiger partial charge in [-0.1, -0.05) is 59.8 Å². The summed E-state index contributed by atoms with van der Waals surface area (Å²) in [6.07, 6.45) is 24.8. The van der Waals surface area contributed by atoms with Crippen molar-refractivity contribution in [2.24, 2.45) is 33.2 Å². The molecule has 1 aromatic rings. The van der Waals surface area contributed by atoms with E-state index in [0.29, 0.717) is 93.6 Å². The van der Waals surface area contributed by atoms with Crippen molar-refractivity contribution >= 4 is 39.4 Å². The molecule has 1 saturated heterocycles. The molecule has 6 atom stereocenters. The number of guanidine groups is 1. The number of aliphatic hydroxyl groups excluding tert-OH is 1. The lowest BCUT2D eigenvalue weighted by Crippen LogP contribution is -2.55. The zero-order valence-electron chi connectivity index (χ0n) is 37.7. The first-order chi connectivity index (χ1) is 30.4.